The highest BCUT2D eigenvalue weighted by Crippen LogP contribution is 2.32. The molecule has 156 valence electrons. The third-order valence-electron chi connectivity index (χ3n) is 5.08. The zero-order chi connectivity index (χ0) is 21.0. The van der Waals surface area contributed by atoms with E-state index >= 15 is 0 Å². The van der Waals surface area contributed by atoms with E-state index in [1.807, 2.05) is 6.92 Å². The number of hydrogen-bond acceptors (Lipinski definition) is 5. The van der Waals surface area contributed by atoms with Gasteiger partial charge in [0, 0.05) is 29.9 Å². The van der Waals surface area contributed by atoms with Gasteiger partial charge in [-0.1, -0.05) is 12.5 Å². The van der Waals surface area contributed by atoms with Gasteiger partial charge in [-0.15, -0.1) is 0 Å². The van der Waals surface area contributed by atoms with Crippen LogP contribution in [0.4, 0.5) is 5.69 Å². The fourth-order valence-electron chi connectivity index (χ4n) is 3.48. The molecule has 3 rings (SSSR count). The van der Waals surface area contributed by atoms with E-state index in [1.54, 1.807) is 37.4 Å². The Balaban J connectivity index is 1.93. The third kappa shape index (κ3) is 4.54. The van der Waals surface area contributed by atoms with Gasteiger partial charge in [-0.3, -0.25) is 4.79 Å². The lowest BCUT2D eigenvalue weighted by molar-refractivity contribution is 0.102. The molecule has 1 atom stereocenters. The zero-order valence-corrected chi connectivity index (χ0v) is 17.7. The molecule has 0 unspecified atom stereocenters. The van der Waals surface area contributed by atoms with Crippen LogP contribution in [0.5, 0.6) is 11.5 Å². The first kappa shape index (κ1) is 21.1. The minimum Gasteiger partial charge on any atom is -0.497 e. The SMILES string of the molecule is COc1cccc(NC(=O)c2ccc(OC)c(S(=O)(=O)N3CCCC[C@@H]3C)c2)c1. The van der Waals surface area contributed by atoms with E-state index in [9.17, 15) is 13.2 Å². The molecule has 7 nitrogen and oxygen atoms in total. The normalized spacial score (nSPS) is 17.6. The molecule has 0 aliphatic carbocycles. The lowest BCUT2D eigenvalue weighted by atomic mass is 10.1. The maximum atomic E-state index is 13.3. The summed E-state index contributed by atoms with van der Waals surface area (Å²) in [5.41, 5.74) is 0.788. The first-order valence-electron chi connectivity index (χ1n) is 9.52. The Morgan fingerprint density at radius 1 is 1.10 bits per heavy atom. The molecule has 0 bridgehead atoms. The second-order valence-electron chi connectivity index (χ2n) is 7.01. The molecule has 1 amide bonds. The van der Waals surface area contributed by atoms with Gasteiger partial charge in [0.05, 0.1) is 14.2 Å². The number of sulfonamides is 1. The maximum Gasteiger partial charge on any atom is 0.255 e. The topological polar surface area (TPSA) is 84.9 Å². The molecule has 0 radical (unpaired) electrons. The fourth-order valence-corrected chi connectivity index (χ4v) is 5.36. The molecule has 1 aliphatic rings. The largest absolute Gasteiger partial charge is 0.497 e. The molecule has 1 fully saturated rings. The number of rotatable bonds is 6. The van der Waals surface area contributed by atoms with Crippen molar-refractivity contribution < 1.29 is 22.7 Å². The summed E-state index contributed by atoms with van der Waals surface area (Å²) in [5, 5.41) is 2.77. The smallest absolute Gasteiger partial charge is 0.255 e. The second kappa shape index (κ2) is 8.84. The van der Waals surface area contributed by atoms with Crippen molar-refractivity contribution in [3.63, 3.8) is 0 Å². The van der Waals surface area contributed by atoms with Crippen molar-refractivity contribution in [2.24, 2.45) is 0 Å². The van der Waals surface area contributed by atoms with Crippen LogP contribution in [0, 0.1) is 0 Å². The van der Waals surface area contributed by atoms with Gasteiger partial charge in [0.2, 0.25) is 10.0 Å². The summed E-state index contributed by atoms with van der Waals surface area (Å²) in [5.74, 6) is 0.421. The van der Waals surface area contributed by atoms with E-state index in [0.29, 0.717) is 18.0 Å². The van der Waals surface area contributed by atoms with Crippen LogP contribution in [-0.4, -0.2) is 45.4 Å². The second-order valence-corrected chi connectivity index (χ2v) is 8.87. The number of amides is 1. The number of carbonyl (C=O) groups is 1. The molecular formula is C21H26N2O5S. The summed E-state index contributed by atoms with van der Waals surface area (Å²) in [4.78, 5) is 12.7. The van der Waals surface area contributed by atoms with Gasteiger partial charge in [0.1, 0.15) is 16.4 Å². The van der Waals surface area contributed by atoms with Gasteiger partial charge in [0.15, 0.2) is 0 Å². The average Bonchev–Trinajstić information content (AvgIpc) is 2.73. The van der Waals surface area contributed by atoms with Crippen molar-refractivity contribution in [2.45, 2.75) is 37.1 Å². The molecule has 1 saturated heterocycles. The number of hydrogen-bond donors (Lipinski definition) is 1. The highest BCUT2D eigenvalue weighted by Gasteiger charge is 2.33. The Kier molecular flexibility index (Phi) is 6.44. The monoisotopic (exact) mass is 418 g/mol. The summed E-state index contributed by atoms with van der Waals surface area (Å²) >= 11 is 0. The molecule has 29 heavy (non-hydrogen) atoms. The number of piperidine rings is 1. The van der Waals surface area contributed by atoms with E-state index in [4.69, 9.17) is 9.47 Å². The molecular weight excluding hydrogens is 392 g/mol. The van der Waals surface area contributed by atoms with Crippen LogP contribution in [0.1, 0.15) is 36.5 Å². The first-order valence-corrected chi connectivity index (χ1v) is 11.0. The minimum atomic E-state index is -3.79. The predicted octanol–water partition coefficient (Wildman–Crippen LogP) is 3.52. The van der Waals surface area contributed by atoms with E-state index in [-0.39, 0.29) is 22.3 Å². The maximum absolute atomic E-state index is 13.3. The van der Waals surface area contributed by atoms with Crippen molar-refractivity contribution >= 4 is 21.6 Å². The summed E-state index contributed by atoms with van der Waals surface area (Å²) in [6.45, 7) is 2.37. The number of ether oxygens (including phenoxy) is 2. The van der Waals surface area contributed by atoms with Crippen LogP contribution in [0.2, 0.25) is 0 Å². The first-order chi connectivity index (χ1) is 13.9. The fraction of sp³-hybridized carbons (Fsp3) is 0.381. The molecule has 0 spiro atoms. The number of benzene rings is 2. The number of methoxy groups -OCH3 is 2. The predicted molar refractivity (Wildman–Crippen MR) is 111 cm³/mol. The number of carbonyl (C=O) groups excluding carboxylic acids is 1. The highest BCUT2D eigenvalue weighted by molar-refractivity contribution is 7.89. The third-order valence-corrected chi connectivity index (χ3v) is 7.12. The Morgan fingerprint density at radius 2 is 1.90 bits per heavy atom. The van der Waals surface area contributed by atoms with Crippen molar-refractivity contribution in [2.75, 3.05) is 26.1 Å². The lowest BCUT2D eigenvalue weighted by Crippen LogP contribution is -2.42. The van der Waals surface area contributed by atoms with Gasteiger partial charge < -0.3 is 14.8 Å². The van der Waals surface area contributed by atoms with Gasteiger partial charge in [0.25, 0.3) is 5.91 Å². The summed E-state index contributed by atoms with van der Waals surface area (Å²) in [6, 6.07) is 11.3. The van der Waals surface area contributed by atoms with Crippen LogP contribution in [-0.2, 0) is 10.0 Å². The summed E-state index contributed by atoms with van der Waals surface area (Å²) in [6.07, 6.45) is 2.65. The van der Waals surface area contributed by atoms with Crippen molar-refractivity contribution in [3.05, 3.63) is 48.0 Å². The van der Waals surface area contributed by atoms with E-state index in [1.165, 1.54) is 23.5 Å². The van der Waals surface area contributed by atoms with Crippen LogP contribution in [0.15, 0.2) is 47.4 Å². The molecule has 2 aromatic rings. The van der Waals surface area contributed by atoms with Crippen molar-refractivity contribution in [3.8, 4) is 11.5 Å². The van der Waals surface area contributed by atoms with Gasteiger partial charge in [-0.2, -0.15) is 4.31 Å². The number of nitrogens with zero attached hydrogens (tertiary/aromatic N) is 1. The molecule has 1 aliphatic heterocycles. The van der Waals surface area contributed by atoms with Crippen LogP contribution >= 0.6 is 0 Å². The number of nitrogens with one attached hydrogen (secondary N) is 1. The number of anilines is 1. The zero-order valence-electron chi connectivity index (χ0n) is 16.8. The van der Waals surface area contributed by atoms with Crippen LogP contribution in [0.3, 0.4) is 0 Å². The van der Waals surface area contributed by atoms with Crippen LogP contribution < -0.4 is 14.8 Å². The van der Waals surface area contributed by atoms with Gasteiger partial charge >= 0.3 is 0 Å². The van der Waals surface area contributed by atoms with E-state index < -0.39 is 15.9 Å². The molecule has 0 aromatic heterocycles. The van der Waals surface area contributed by atoms with Crippen molar-refractivity contribution in [1.29, 1.82) is 0 Å². The molecule has 1 heterocycles. The van der Waals surface area contributed by atoms with E-state index in [0.717, 1.165) is 19.3 Å². The van der Waals surface area contributed by atoms with Gasteiger partial charge in [-0.05, 0) is 50.1 Å². The van der Waals surface area contributed by atoms with E-state index in [2.05, 4.69) is 5.32 Å². The summed E-state index contributed by atoms with van der Waals surface area (Å²) in [7, 11) is -0.820. The van der Waals surface area contributed by atoms with Crippen LogP contribution in [0.25, 0.3) is 0 Å². The Morgan fingerprint density at radius 3 is 2.59 bits per heavy atom. The Bertz CT molecular complexity index is 990. The molecule has 0 saturated carbocycles. The Labute approximate surface area is 171 Å². The standard InChI is InChI=1S/C21H26N2O5S/c1-15-7-4-5-12-23(15)29(25,26)20-13-16(10-11-19(20)28-3)21(24)22-17-8-6-9-18(14-17)27-2/h6,8-11,13-15H,4-5,7,12H2,1-3H3,(H,22,24)/t15-/m0/s1. The van der Waals surface area contributed by atoms with Gasteiger partial charge in [-0.25, -0.2) is 8.42 Å². The Hall–Kier alpha value is -2.58. The summed E-state index contributed by atoms with van der Waals surface area (Å²) < 4.78 is 38.5. The average molecular weight is 419 g/mol. The molecule has 1 N–H and O–H groups in total. The highest BCUT2D eigenvalue weighted by atomic mass is 32.2. The molecule has 2 aromatic carbocycles. The quantitative estimate of drug-likeness (QED) is 0.776. The van der Waals surface area contributed by atoms with Crippen molar-refractivity contribution in [1.82, 2.24) is 4.31 Å². The molecule has 8 heteroatoms. The minimum absolute atomic E-state index is 0.00652. The lowest BCUT2D eigenvalue weighted by Gasteiger charge is -2.32.